The van der Waals surface area contributed by atoms with E-state index < -0.39 is 53.4 Å². The first-order chi connectivity index (χ1) is 14.9. The van der Waals surface area contributed by atoms with Gasteiger partial charge in [-0.15, -0.1) is 0 Å². The highest BCUT2D eigenvalue weighted by Gasteiger charge is 2.37. The van der Waals surface area contributed by atoms with Crippen LogP contribution in [0.5, 0.6) is 11.5 Å². The predicted octanol–water partition coefficient (Wildman–Crippen LogP) is 4.63. The number of ether oxygens (including phenoxy) is 2. The monoisotopic (exact) mass is 442 g/mol. The van der Waals surface area contributed by atoms with Gasteiger partial charge in [-0.2, -0.15) is 0 Å². The van der Waals surface area contributed by atoms with Gasteiger partial charge in [-0.3, -0.25) is 0 Å². The highest BCUT2D eigenvalue weighted by atomic mass is 19.1. The molecule has 1 aliphatic rings. The van der Waals surface area contributed by atoms with Crippen molar-refractivity contribution in [3.05, 3.63) is 58.7 Å². The van der Waals surface area contributed by atoms with Gasteiger partial charge in [-0.25, -0.2) is 17.6 Å². The van der Waals surface area contributed by atoms with Crippen LogP contribution in [-0.4, -0.2) is 36.6 Å². The first-order valence-corrected chi connectivity index (χ1v) is 10.4. The van der Waals surface area contributed by atoms with Crippen LogP contribution >= 0.6 is 0 Å². The summed E-state index contributed by atoms with van der Waals surface area (Å²) in [5, 5.41) is 17.7. The number of aliphatic hydroxyl groups excluding tert-OH is 2. The van der Waals surface area contributed by atoms with Crippen molar-refractivity contribution >= 4 is 0 Å². The summed E-state index contributed by atoms with van der Waals surface area (Å²) in [6.07, 6.45) is 4.23. The van der Waals surface area contributed by atoms with E-state index in [0.717, 1.165) is 49.9 Å². The third-order valence-corrected chi connectivity index (χ3v) is 5.73. The van der Waals surface area contributed by atoms with Gasteiger partial charge in [0.2, 0.25) is 0 Å². The zero-order chi connectivity index (χ0) is 22.4. The smallest absolute Gasteiger partial charge is 0.190 e. The second-order valence-electron chi connectivity index (χ2n) is 7.68. The van der Waals surface area contributed by atoms with Gasteiger partial charge in [0.25, 0.3) is 0 Å². The first-order valence-electron chi connectivity index (χ1n) is 10.4. The fourth-order valence-corrected chi connectivity index (χ4v) is 4.32. The van der Waals surface area contributed by atoms with E-state index in [1.54, 1.807) is 0 Å². The number of benzene rings is 2. The van der Waals surface area contributed by atoms with Crippen LogP contribution in [0.3, 0.4) is 0 Å². The summed E-state index contributed by atoms with van der Waals surface area (Å²) in [7, 11) is 0. The minimum absolute atomic E-state index is 0.260. The standard InChI is InChI=1S/C23H26F4O4/c24-17-11-15(12-18(25)21(17)30-9-7-28)23(5-3-1-2-4-6-23)16-13-19(26)22(20(27)14-16)31-10-8-29/h11-14,28-29H,1-10H2. The van der Waals surface area contributed by atoms with Crippen LogP contribution in [0.1, 0.15) is 49.7 Å². The molecule has 170 valence electrons. The second kappa shape index (κ2) is 10.3. The Morgan fingerprint density at radius 3 is 1.32 bits per heavy atom. The van der Waals surface area contributed by atoms with Gasteiger partial charge >= 0.3 is 0 Å². The zero-order valence-corrected chi connectivity index (χ0v) is 17.1. The molecule has 2 aromatic carbocycles. The quantitative estimate of drug-likeness (QED) is 0.463. The minimum atomic E-state index is -0.981. The van der Waals surface area contributed by atoms with Gasteiger partial charge in [-0.05, 0) is 48.2 Å². The SMILES string of the molecule is OCCOc1c(F)cc(C2(c3cc(F)c(OCCO)c(F)c3)CCCCCC2)cc1F. The highest BCUT2D eigenvalue weighted by molar-refractivity contribution is 5.45. The molecule has 1 fully saturated rings. The summed E-state index contributed by atoms with van der Waals surface area (Å²) < 4.78 is 68.7. The maximum Gasteiger partial charge on any atom is 0.190 e. The summed E-state index contributed by atoms with van der Waals surface area (Å²) in [4.78, 5) is 0. The molecule has 0 radical (unpaired) electrons. The molecular formula is C23H26F4O4. The van der Waals surface area contributed by atoms with Gasteiger partial charge < -0.3 is 19.7 Å². The van der Waals surface area contributed by atoms with Gasteiger partial charge in [0.1, 0.15) is 13.2 Å². The second-order valence-corrected chi connectivity index (χ2v) is 7.68. The minimum Gasteiger partial charge on any atom is -0.485 e. The normalized spacial score (nSPS) is 16.1. The van der Waals surface area contributed by atoms with Crippen molar-refractivity contribution in [3.8, 4) is 11.5 Å². The van der Waals surface area contributed by atoms with E-state index in [2.05, 4.69) is 0 Å². The summed E-state index contributed by atoms with van der Waals surface area (Å²) in [5.74, 6) is -4.92. The summed E-state index contributed by atoms with van der Waals surface area (Å²) in [6.45, 7) is -1.31. The molecule has 8 heteroatoms. The Bertz CT molecular complexity index is 784. The molecule has 2 aromatic rings. The number of rotatable bonds is 8. The first kappa shape index (κ1) is 23.3. The lowest BCUT2D eigenvalue weighted by atomic mass is 9.69. The average Bonchev–Trinajstić information content (AvgIpc) is 2.99. The maximum absolute atomic E-state index is 14.7. The summed E-state index contributed by atoms with van der Waals surface area (Å²) >= 11 is 0. The van der Waals surface area contributed by atoms with Crippen molar-refractivity contribution in [1.29, 1.82) is 0 Å². The largest absolute Gasteiger partial charge is 0.485 e. The molecule has 0 saturated heterocycles. The zero-order valence-electron chi connectivity index (χ0n) is 17.1. The lowest BCUT2D eigenvalue weighted by Gasteiger charge is -2.35. The van der Waals surface area contributed by atoms with Crippen molar-refractivity contribution < 1.29 is 37.2 Å². The van der Waals surface area contributed by atoms with Crippen molar-refractivity contribution in [1.82, 2.24) is 0 Å². The molecule has 0 heterocycles. The molecule has 0 amide bonds. The fourth-order valence-electron chi connectivity index (χ4n) is 4.32. The summed E-state index contributed by atoms with van der Waals surface area (Å²) in [5.41, 5.74) is -0.419. The lowest BCUT2D eigenvalue weighted by molar-refractivity contribution is 0.190. The van der Waals surface area contributed by atoms with E-state index in [9.17, 15) is 17.6 Å². The molecule has 1 aliphatic carbocycles. The number of hydrogen-bond acceptors (Lipinski definition) is 4. The van der Waals surface area contributed by atoms with E-state index in [0.29, 0.717) is 12.8 Å². The molecule has 2 N–H and O–H groups in total. The van der Waals surface area contributed by atoms with Crippen LogP contribution in [0, 0.1) is 23.3 Å². The Morgan fingerprint density at radius 1 is 0.645 bits per heavy atom. The number of halogens is 4. The summed E-state index contributed by atoms with van der Waals surface area (Å²) in [6, 6.07) is 4.58. The van der Waals surface area contributed by atoms with Crippen molar-refractivity contribution in [3.63, 3.8) is 0 Å². The van der Waals surface area contributed by atoms with Crippen molar-refractivity contribution in [2.75, 3.05) is 26.4 Å². The molecule has 0 unspecified atom stereocenters. The Hall–Kier alpha value is -2.32. The van der Waals surface area contributed by atoms with E-state index in [-0.39, 0.29) is 24.3 Å². The molecule has 0 spiro atoms. The van der Waals surface area contributed by atoms with E-state index in [4.69, 9.17) is 19.7 Å². The Labute approximate surface area is 178 Å². The molecular weight excluding hydrogens is 416 g/mol. The lowest BCUT2D eigenvalue weighted by Crippen LogP contribution is -2.28. The van der Waals surface area contributed by atoms with Gasteiger partial charge in [0.05, 0.1) is 13.2 Å². The van der Waals surface area contributed by atoms with E-state index >= 15 is 0 Å². The van der Waals surface area contributed by atoms with Gasteiger partial charge in [0.15, 0.2) is 34.8 Å². The molecule has 31 heavy (non-hydrogen) atoms. The molecule has 0 bridgehead atoms. The number of hydrogen-bond donors (Lipinski definition) is 2. The van der Waals surface area contributed by atoms with Gasteiger partial charge in [0, 0.05) is 5.41 Å². The molecule has 0 atom stereocenters. The molecule has 4 nitrogen and oxygen atoms in total. The molecule has 0 aromatic heterocycles. The van der Waals surface area contributed by atoms with Crippen LogP contribution < -0.4 is 9.47 Å². The molecule has 3 rings (SSSR count). The fraction of sp³-hybridized carbons (Fsp3) is 0.478. The average molecular weight is 442 g/mol. The highest BCUT2D eigenvalue weighted by Crippen LogP contribution is 2.46. The predicted molar refractivity (Wildman–Crippen MR) is 106 cm³/mol. The van der Waals surface area contributed by atoms with Crippen LogP contribution in [0.4, 0.5) is 17.6 Å². The topological polar surface area (TPSA) is 58.9 Å². The van der Waals surface area contributed by atoms with Crippen LogP contribution in [0.25, 0.3) is 0 Å². The van der Waals surface area contributed by atoms with Crippen LogP contribution in [-0.2, 0) is 5.41 Å². The van der Waals surface area contributed by atoms with E-state index in [1.165, 1.54) is 0 Å². The Kier molecular flexibility index (Phi) is 7.78. The maximum atomic E-state index is 14.7. The Balaban J connectivity index is 2.11. The number of aliphatic hydroxyl groups is 2. The van der Waals surface area contributed by atoms with Crippen LogP contribution in [0.15, 0.2) is 24.3 Å². The van der Waals surface area contributed by atoms with Gasteiger partial charge in [-0.1, -0.05) is 25.7 Å². The van der Waals surface area contributed by atoms with E-state index in [1.807, 2.05) is 0 Å². The van der Waals surface area contributed by atoms with Crippen LogP contribution in [0.2, 0.25) is 0 Å². The third-order valence-electron chi connectivity index (χ3n) is 5.73. The third kappa shape index (κ3) is 4.96. The Morgan fingerprint density at radius 2 is 1.00 bits per heavy atom. The molecule has 0 aliphatic heterocycles. The van der Waals surface area contributed by atoms with Crippen molar-refractivity contribution in [2.24, 2.45) is 0 Å². The molecule has 1 saturated carbocycles. The van der Waals surface area contributed by atoms with Crippen molar-refractivity contribution in [2.45, 2.75) is 43.9 Å².